The fourth-order valence-corrected chi connectivity index (χ4v) is 4.10. The fraction of sp³-hybridized carbons (Fsp3) is 0.778. The van der Waals surface area contributed by atoms with Gasteiger partial charge in [0.15, 0.2) is 5.96 Å². The Bertz CT molecular complexity index is 603. The summed E-state index contributed by atoms with van der Waals surface area (Å²) in [5, 5.41) is 7.13. The third-order valence-electron chi connectivity index (χ3n) is 5.61. The van der Waals surface area contributed by atoms with E-state index in [2.05, 4.69) is 25.3 Å². The Balaban J connectivity index is 0.00000280. The minimum absolute atomic E-state index is 0. The van der Waals surface area contributed by atoms with Crippen molar-refractivity contribution in [2.24, 2.45) is 16.8 Å². The maximum absolute atomic E-state index is 13.3. The Hall–Kier alpha value is -1.04. The third kappa shape index (κ3) is 6.23. The molecule has 2 atom stereocenters. The quantitative estimate of drug-likeness (QED) is 0.379. The molecule has 1 saturated heterocycles. The number of nitrogens with one attached hydrogen (secondary N) is 1. The number of hydrogen-bond donors (Lipinski definition) is 1. The average molecular weight is 515 g/mol. The van der Waals surface area contributed by atoms with E-state index in [1.54, 1.807) is 13.3 Å². The molecule has 1 saturated carbocycles. The summed E-state index contributed by atoms with van der Waals surface area (Å²) in [6, 6.07) is 1.86. The van der Waals surface area contributed by atoms with E-state index in [9.17, 15) is 13.2 Å². The van der Waals surface area contributed by atoms with Crippen molar-refractivity contribution in [1.29, 1.82) is 0 Å². The number of aliphatic imine (C=N–C) groups is 1. The maximum atomic E-state index is 13.3. The van der Waals surface area contributed by atoms with Gasteiger partial charge in [-0.3, -0.25) is 9.89 Å². The van der Waals surface area contributed by atoms with Gasteiger partial charge in [0.25, 0.3) is 0 Å². The summed E-state index contributed by atoms with van der Waals surface area (Å²) in [6.07, 6.45) is -0.129. The van der Waals surface area contributed by atoms with Crippen LogP contribution in [0, 0.1) is 11.8 Å². The van der Waals surface area contributed by atoms with Crippen molar-refractivity contribution in [2.45, 2.75) is 38.4 Å². The number of aromatic nitrogens is 1. The second-order valence-corrected chi connectivity index (χ2v) is 7.37. The molecule has 0 aromatic carbocycles. The molecule has 160 valence electrons. The van der Waals surface area contributed by atoms with Crippen LogP contribution in [-0.4, -0.2) is 66.9 Å². The molecule has 2 aliphatic rings. The van der Waals surface area contributed by atoms with Gasteiger partial charge in [-0.25, -0.2) is 0 Å². The summed E-state index contributed by atoms with van der Waals surface area (Å²) in [4.78, 5) is 8.68. The van der Waals surface area contributed by atoms with Crippen LogP contribution < -0.4 is 5.32 Å². The molecule has 3 rings (SSSR count). The lowest BCUT2D eigenvalue weighted by atomic mass is 9.79. The molecular weight excluding hydrogens is 486 g/mol. The third-order valence-corrected chi connectivity index (χ3v) is 5.61. The van der Waals surface area contributed by atoms with E-state index >= 15 is 0 Å². The van der Waals surface area contributed by atoms with E-state index in [-0.39, 0.29) is 36.3 Å². The van der Waals surface area contributed by atoms with Gasteiger partial charge in [-0.05, 0) is 18.8 Å². The number of alkyl halides is 3. The highest BCUT2D eigenvalue weighted by atomic mass is 127. The molecule has 1 N–H and O–H groups in total. The molecule has 1 aromatic rings. The molecular formula is C18H29F3IN5O. The normalized spacial score (nSPS) is 24.7. The second-order valence-electron chi connectivity index (χ2n) is 7.37. The predicted molar refractivity (Wildman–Crippen MR) is 112 cm³/mol. The minimum atomic E-state index is -4.11. The lowest BCUT2D eigenvalue weighted by molar-refractivity contribution is -0.195. The number of guanidine groups is 1. The van der Waals surface area contributed by atoms with Crippen LogP contribution in [0.2, 0.25) is 0 Å². The smallest absolute Gasteiger partial charge is 0.364 e. The van der Waals surface area contributed by atoms with Crippen molar-refractivity contribution >= 4 is 29.9 Å². The van der Waals surface area contributed by atoms with Crippen LogP contribution in [0.15, 0.2) is 21.8 Å². The van der Waals surface area contributed by atoms with Gasteiger partial charge >= 0.3 is 6.18 Å². The highest BCUT2D eigenvalue weighted by Crippen LogP contribution is 2.41. The zero-order chi connectivity index (χ0) is 19.3. The SMILES string of the molecule is CN=C(NCC1CCCCC1C(F)(F)F)N1CCN(Cc2ccon2)CC1.I. The van der Waals surface area contributed by atoms with Gasteiger partial charge in [-0.1, -0.05) is 18.0 Å². The zero-order valence-electron chi connectivity index (χ0n) is 16.1. The standard InChI is InChI=1S/C18H28F3N5O.HI/c1-22-17(23-12-14-4-2-3-5-16(14)18(19,20)21)26-9-7-25(8-10-26)13-15-6-11-27-24-15;/h6,11,14,16H,2-5,7-10,12-13H2,1H3,(H,22,23);1H. The Kier molecular flexibility index (Phi) is 8.84. The van der Waals surface area contributed by atoms with E-state index in [1.807, 2.05) is 6.07 Å². The van der Waals surface area contributed by atoms with Gasteiger partial charge in [-0.15, -0.1) is 24.0 Å². The molecule has 2 unspecified atom stereocenters. The number of piperazine rings is 1. The van der Waals surface area contributed by atoms with E-state index in [4.69, 9.17) is 4.52 Å². The molecule has 28 heavy (non-hydrogen) atoms. The molecule has 0 spiro atoms. The van der Waals surface area contributed by atoms with Crippen LogP contribution in [-0.2, 0) is 6.54 Å². The molecule has 2 fully saturated rings. The summed E-state index contributed by atoms with van der Waals surface area (Å²) in [5.41, 5.74) is 0.904. The first kappa shape index (κ1) is 23.2. The zero-order valence-corrected chi connectivity index (χ0v) is 18.5. The molecule has 1 aliphatic carbocycles. The summed E-state index contributed by atoms with van der Waals surface area (Å²) in [7, 11) is 1.69. The summed E-state index contributed by atoms with van der Waals surface area (Å²) in [5.74, 6) is -0.872. The van der Waals surface area contributed by atoms with Crippen molar-refractivity contribution in [3.8, 4) is 0 Å². The van der Waals surface area contributed by atoms with Gasteiger partial charge in [0, 0.05) is 52.4 Å². The van der Waals surface area contributed by atoms with E-state index in [0.717, 1.165) is 44.8 Å². The lowest BCUT2D eigenvalue weighted by Gasteiger charge is -2.38. The van der Waals surface area contributed by atoms with E-state index in [1.165, 1.54) is 0 Å². The first-order valence-corrected chi connectivity index (χ1v) is 9.61. The summed E-state index contributed by atoms with van der Waals surface area (Å²) in [6.45, 7) is 4.34. The fourth-order valence-electron chi connectivity index (χ4n) is 4.10. The van der Waals surface area contributed by atoms with Gasteiger partial charge in [0.1, 0.15) is 6.26 Å². The molecule has 0 bridgehead atoms. The molecule has 6 nitrogen and oxygen atoms in total. The van der Waals surface area contributed by atoms with Crippen LogP contribution >= 0.6 is 24.0 Å². The van der Waals surface area contributed by atoms with E-state index in [0.29, 0.717) is 25.3 Å². The van der Waals surface area contributed by atoms with Crippen LogP contribution in [0.5, 0.6) is 0 Å². The molecule has 2 heterocycles. The minimum Gasteiger partial charge on any atom is -0.364 e. The average Bonchev–Trinajstić information content (AvgIpc) is 3.16. The number of halogens is 4. The Morgan fingerprint density at radius 2 is 1.96 bits per heavy atom. The topological polar surface area (TPSA) is 56.9 Å². The van der Waals surface area contributed by atoms with Gasteiger partial charge in [0.05, 0.1) is 11.6 Å². The van der Waals surface area contributed by atoms with Crippen LogP contribution in [0.25, 0.3) is 0 Å². The Labute approximate surface area is 180 Å². The lowest BCUT2D eigenvalue weighted by Crippen LogP contribution is -2.53. The van der Waals surface area contributed by atoms with Crippen molar-refractivity contribution in [1.82, 2.24) is 20.3 Å². The summed E-state index contributed by atoms with van der Waals surface area (Å²) < 4.78 is 44.7. The van der Waals surface area contributed by atoms with Crippen molar-refractivity contribution in [3.63, 3.8) is 0 Å². The maximum Gasteiger partial charge on any atom is 0.392 e. The molecule has 0 radical (unpaired) electrons. The van der Waals surface area contributed by atoms with Gasteiger partial charge < -0.3 is 14.7 Å². The van der Waals surface area contributed by atoms with Crippen LogP contribution in [0.3, 0.4) is 0 Å². The second kappa shape index (κ2) is 10.7. The van der Waals surface area contributed by atoms with Gasteiger partial charge in [0.2, 0.25) is 0 Å². The highest BCUT2D eigenvalue weighted by Gasteiger charge is 2.45. The van der Waals surface area contributed by atoms with Gasteiger partial charge in [-0.2, -0.15) is 13.2 Å². The number of nitrogens with zero attached hydrogens (tertiary/aromatic N) is 4. The van der Waals surface area contributed by atoms with Crippen LogP contribution in [0.4, 0.5) is 13.2 Å². The number of hydrogen-bond acceptors (Lipinski definition) is 4. The van der Waals surface area contributed by atoms with Crippen molar-refractivity contribution in [2.75, 3.05) is 39.8 Å². The molecule has 1 aliphatic heterocycles. The Morgan fingerprint density at radius 3 is 2.57 bits per heavy atom. The largest absolute Gasteiger partial charge is 0.392 e. The van der Waals surface area contributed by atoms with Crippen LogP contribution in [0.1, 0.15) is 31.4 Å². The van der Waals surface area contributed by atoms with Crippen molar-refractivity contribution < 1.29 is 17.7 Å². The van der Waals surface area contributed by atoms with E-state index < -0.39 is 12.1 Å². The predicted octanol–water partition coefficient (Wildman–Crippen LogP) is 3.35. The van der Waals surface area contributed by atoms with Crippen molar-refractivity contribution in [3.05, 3.63) is 18.0 Å². The Morgan fingerprint density at radius 1 is 1.25 bits per heavy atom. The first-order valence-electron chi connectivity index (χ1n) is 9.61. The number of rotatable bonds is 4. The molecule has 10 heteroatoms. The highest BCUT2D eigenvalue weighted by molar-refractivity contribution is 14.0. The monoisotopic (exact) mass is 515 g/mol. The molecule has 1 aromatic heterocycles. The first-order chi connectivity index (χ1) is 13.0. The molecule has 0 amide bonds. The summed E-state index contributed by atoms with van der Waals surface area (Å²) >= 11 is 0.